The monoisotopic (exact) mass is 243 g/mol. The first kappa shape index (κ1) is 14.3. The number of nitrogens with two attached hydrogens (primary N) is 1. The van der Waals surface area contributed by atoms with Gasteiger partial charge in [-0.3, -0.25) is 0 Å². The fourth-order valence-corrected chi connectivity index (χ4v) is 2.02. The van der Waals surface area contributed by atoms with E-state index in [2.05, 4.69) is 10.5 Å². The van der Waals surface area contributed by atoms with Crippen molar-refractivity contribution in [3.8, 4) is 0 Å². The maximum atomic E-state index is 9.13. The molecule has 0 unspecified atom stereocenters. The van der Waals surface area contributed by atoms with Crippen LogP contribution in [0.1, 0.15) is 46.0 Å². The molecular formula is C12H25N3O2. The summed E-state index contributed by atoms with van der Waals surface area (Å²) in [5.41, 5.74) is 5.38. The summed E-state index contributed by atoms with van der Waals surface area (Å²) in [4.78, 5) is 0. The van der Waals surface area contributed by atoms with Crippen molar-refractivity contribution < 1.29 is 10.3 Å². The molecule has 0 heterocycles. The predicted molar refractivity (Wildman–Crippen MR) is 68.1 cm³/mol. The van der Waals surface area contributed by atoms with Crippen molar-refractivity contribution in [3.63, 3.8) is 0 Å². The van der Waals surface area contributed by atoms with E-state index < -0.39 is 0 Å². The highest BCUT2D eigenvalue weighted by Crippen LogP contribution is 2.23. The Morgan fingerprint density at radius 1 is 1.41 bits per heavy atom. The molecule has 0 aliphatic heterocycles. The molecule has 0 aromatic carbocycles. The van der Waals surface area contributed by atoms with Gasteiger partial charge in [-0.15, -0.1) is 0 Å². The molecule has 1 fully saturated rings. The number of oxime groups is 1. The predicted octanol–water partition coefficient (Wildman–Crippen LogP) is 1.04. The largest absolute Gasteiger partial charge is 0.409 e. The van der Waals surface area contributed by atoms with Gasteiger partial charge >= 0.3 is 0 Å². The standard InChI is InChI=1S/C12H25N3O2/c1-12(2,11(13)15-17)5-3-4-6-14-9-7-10(16)8-9/h9-10,14,16-17H,3-8H2,1-2H3,(H2,13,15). The third kappa shape index (κ3) is 4.52. The van der Waals surface area contributed by atoms with Gasteiger partial charge in [0.05, 0.1) is 6.10 Å². The zero-order valence-electron chi connectivity index (χ0n) is 10.8. The zero-order chi connectivity index (χ0) is 12.9. The fourth-order valence-electron chi connectivity index (χ4n) is 2.02. The van der Waals surface area contributed by atoms with Crippen LogP contribution in [0.5, 0.6) is 0 Å². The minimum absolute atomic E-state index is 0.0907. The Labute approximate surface area is 103 Å². The summed E-state index contributed by atoms with van der Waals surface area (Å²) >= 11 is 0. The van der Waals surface area contributed by atoms with Gasteiger partial charge in [0.25, 0.3) is 0 Å². The van der Waals surface area contributed by atoms with E-state index in [1.165, 1.54) is 0 Å². The average Bonchev–Trinajstić information content (AvgIpc) is 2.24. The Morgan fingerprint density at radius 3 is 2.59 bits per heavy atom. The van der Waals surface area contributed by atoms with E-state index in [4.69, 9.17) is 16.0 Å². The van der Waals surface area contributed by atoms with Gasteiger partial charge in [0.1, 0.15) is 5.84 Å². The molecule has 1 rings (SSSR count). The molecule has 0 aromatic rings. The highest BCUT2D eigenvalue weighted by Gasteiger charge is 2.26. The van der Waals surface area contributed by atoms with Crippen molar-refractivity contribution in [2.45, 2.75) is 58.1 Å². The number of aliphatic hydroxyl groups excluding tert-OH is 1. The lowest BCUT2D eigenvalue weighted by Crippen LogP contribution is -2.44. The van der Waals surface area contributed by atoms with Crippen molar-refractivity contribution in [3.05, 3.63) is 0 Å². The van der Waals surface area contributed by atoms with Crippen molar-refractivity contribution in [1.82, 2.24) is 5.32 Å². The molecule has 0 bridgehead atoms. The van der Waals surface area contributed by atoms with Gasteiger partial charge in [0, 0.05) is 11.5 Å². The van der Waals surface area contributed by atoms with Gasteiger partial charge in [-0.1, -0.05) is 25.4 Å². The van der Waals surface area contributed by atoms with Gasteiger partial charge < -0.3 is 21.4 Å². The van der Waals surface area contributed by atoms with Gasteiger partial charge in [-0.2, -0.15) is 0 Å². The van der Waals surface area contributed by atoms with Crippen LogP contribution in [0, 0.1) is 5.41 Å². The molecule has 5 heteroatoms. The molecule has 0 atom stereocenters. The number of rotatable bonds is 7. The number of hydrogen-bond acceptors (Lipinski definition) is 4. The van der Waals surface area contributed by atoms with Crippen LogP contribution in [0.2, 0.25) is 0 Å². The highest BCUT2D eigenvalue weighted by molar-refractivity contribution is 5.85. The van der Waals surface area contributed by atoms with E-state index in [0.717, 1.165) is 38.6 Å². The first-order chi connectivity index (χ1) is 7.95. The summed E-state index contributed by atoms with van der Waals surface area (Å²) in [6, 6.07) is 0.502. The van der Waals surface area contributed by atoms with E-state index in [9.17, 15) is 0 Å². The summed E-state index contributed by atoms with van der Waals surface area (Å²) in [5, 5.41) is 24.2. The first-order valence-corrected chi connectivity index (χ1v) is 6.35. The zero-order valence-corrected chi connectivity index (χ0v) is 10.8. The number of aliphatic hydroxyl groups is 1. The van der Waals surface area contributed by atoms with Crippen LogP contribution in [0.3, 0.4) is 0 Å². The van der Waals surface area contributed by atoms with Crippen molar-refractivity contribution in [1.29, 1.82) is 0 Å². The molecule has 0 aromatic heterocycles. The Balaban J connectivity index is 2.04. The Hall–Kier alpha value is -0.810. The Kier molecular flexibility index (Phi) is 5.21. The molecular weight excluding hydrogens is 218 g/mol. The van der Waals surface area contributed by atoms with E-state index in [1.54, 1.807) is 0 Å². The third-order valence-electron chi connectivity index (χ3n) is 3.58. The molecule has 1 aliphatic carbocycles. The van der Waals surface area contributed by atoms with E-state index in [0.29, 0.717) is 11.9 Å². The molecule has 0 spiro atoms. The van der Waals surface area contributed by atoms with Crippen molar-refractivity contribution in [2.75, 3.05) is 6.54 Å². The van der Waals surface area contributed by atoms with Crippen LogP contribution in [-0.2, 0) is 0 Å². The van der Waals surface area contributed by atoms with Crippen LogP contribution in [0.25, 0.3) is 0 Å². The van der Waals surface area contributed by atoms with Gasteiger partial charge in [-0.05, 0) is 32.2 Å². The third-order valence-corrected chi connectivity index (χ3v) is 3.58. The summed E-state index contributed by atoms with van der Waals surface area (Å²) in [5.74, 6) is 0.299. The lowest BCUT2D eigenvalue weighted by Gasteiger charge is -2.32. The second-order valence-electron chi connectivity index (χ2n) is 5.60. The lowest BCUT2D eigenvalue weighted by atomic mass is 9.86. The normalized spacial score (nSPS) is 25.7. The second-order valence-corrected chi connectivity index (χ2v) is 5.60. The van der Waals surface area contributed by atoms with E-state index in [-0.39, 0.29) is 11.5 Å². The van der Waals surface area contributed by atoms with Crippen LogP contribution in [0.4, 0.5) is 0 Å². The molecule has 17 heavy (non-hydrogen) atoms. The summed E-state index contributed by atoms with van der Waals surface area (Å²) in [6.45, 7) is 4.94. The number of amidine groups is 1. The lowest BCUT2D eigenvalue weighted by molar-refractivity contribution is 0.0625. The van der Waals surface area contributed by atoms with Crippen molar-refractivity contribution in [2.24, 2.45) is 16.3 Å². The first-order valence-electron chi connectivity index (χ1n) is 6.35. The highest BCUT2D eigenvalue weighted by atomic mass is 16.4. The molecule has 1 saturated carbocycles. The molecule has 1 aliphatic rings. The minimum atomic E-state index is -0.235. The SMILES string of the molecule is CC(C)(CCCCNC1CC(O)C1)C(N)=NO. The number of nitrogens with zero attached hydrogens (tertiary/aromatic N) is 1. The second kappa shape index (κ2) is 6.21. The summed E-state index contributed by atoms with van der Waals surface area (Å²) < 4.78 is 0. The molecule has 5 nitrogen and oxygen atoms in total. The van der Waals surface area contributed by atoms with Crippen LogP contribution in [-0.4, -0.2) is 34.8 Å². The van der Waals surface area contributed by atoms with Crippen LogP contribution >= 0.6 is 0 Å². The van der Waals surface area contributed by atoms with E-state index in [1.807, 2.05) is 13.8 Å². The van der Waals surface area contributed by atoms with Gasteiger partial charge in [-0.25, -0.2) is 0 Å². The number of nitrogens with one attached hydrogen (secondary N) is 1. The molecule has 5 N–H and O–H groups in total. The van der Waals surface area contributed by atoms with Gasteiger partial charge in [0.2, 0.25) is 0 Å². The maximum absolute atomic E-state index is 9.13. The Bertz CT molecular complexity index is 260. The quantitative estimate of drug-likeness (QED) is 0.177. The maximum Gasteiger partial charge on any atom is 0.144 e. The molecule has 0 saturated heterocycles. The topological polar surface area (TPSA) is 90.9 Å². The van der Waals surface area contributed by atoms with Crippen molar-refractivity contribution >= 4 is 5.84 Å². The summed E-state index contributed by atoms with van der Waals surface area (Å²) in [7, 11) is 0. The van der Waals surface area contributed by atoms with Crippen LogP contribution < -0.4 is 11.1 Å². The smallest absolute Gasteiger partial charge is 0.144 e. The van der Waals surface area contributed by atoms with Gasteiger partial charge in [0.15, 0.2) is 0 Å². The number of hydrogen-bond donors (Lipinski definition) is 4. The average molecular weight is 243 g/mol. The van der Waals surface area contributed by atoms with E-state index >= 15 is 0 Å². The molecule has 100 valence electrons. The van der Waals surface area contributed by atoms with Crippen LogP contribution in [0.15, 0.2) is 5.16 Å². The Morgan fingerprint density at radius 2 is 2.06 bits per heavy atom. The minimum Gasteiger partial charge on any atom is -0.409 e. The summed E-state index contributed by atoms with van der Waals surface area (Å²) in [6.07, 6.45) is 4.72. The molecule has 0 radical (unpaired) electrons. The fraction of sp³-hybridized carbons (Fsp3) is 0.917. The molecule has 0 amide bonds. The number of unbranched alkanes of at least 4 members (excludes halogenated alkanes) is 1.